The van der Waals surface area contributed by atoms with E-state index in [0.29, 0.717) is 6.61 Å². The highest BCUT2D eigenvalue weighted by atomic mass is 16.5. The molecule has 2 heteroatoms. The van der Waals surface area contributed by atoms with E-state index in [1.165, 1.54) is 21.9 Å². The summed E-state index contributed by atoms with van der Waals surface area (Å²) in [5.74, 6) is 1.13. The predicted molar refractivity (Wildman–Crippen MR) is 119 cm³/mol. The molecule has 0 aliphatic carbocycles. The largest absolute Gasteiger partial charge is 0.489 e. The Morgan fingerprint density at radius 1 is 0.690 bits per heavy atom. The standard InChI is InChI=1S/C27H26O2/c28-17-7-14-27(23-9-2-1-3-10-23)25-12-6-13-26(19-25)29-20-21-15-16-22-8-4-5-11-24(22)18-21/h1-6,8-13,15-16,18-19,27-28H,7,14,17,20H2. The van der Waals surface area contributed by atoms with Crippen LogP contribution in [0.1, 0.15) is 35.4 Å². The molecule has 29 heavy (non-hydrogen) atoms. The molecule has 0 spiro atoms. The van der Waals surface area contributed by atoms with E-state index in [2.05, 4.69) is 84.9 Å². The number of fused-ring (bicyclic) bond motifs is 1. The van der Waals surface area contributed by atoms with Gasteiger partial charge >= 0.3 is 0 Å². The third-order valence-corrected chi connectivity index (χ3v) is 5.33. The minimum Gasteiger partial charge on any atom is -0.489 e. The van der Waals surface area contributed by atoms with E-state index in [0.717, 1.165) is 24.2 Å². The van der Waals surface area contributed by atoms with Crippen molar-refractivity contribution in [1.29, 1.82) is 0 Å². The van der Waals surface area contributed by atoms with Crippen molar-refractivity contribution in [1.82, 2.24) is 0 Å². The second kappa shape index (κ2) is 9.40. The molecule has 4 aromatic carbocycles. The lowest BCUT2D eigenvalue weighted by Crippen LogP contribution is -2.03. The molecule has 1 unspecified atom stereocenters. The molecule has 2 nitrogen and oxygen atoms in total. The molecule has 1 N–H and O–H groups in total. The Balaban J connectivity index is 1.52. The smallest absolute Gasteiger partial charge is 0.120 e. The molecular formula is C27H26O2. The fourth-order valence-corrected chi connectivity index (χ4v) is 3.82. The van der Waals surface area contributed by atoms with Gasteiger partial charge in [0.1, 0.15) is 12.4 Å². The molecule has 0 fully saturated rings. The molecule has 0 radical (unpaired) electrons. The van der Waals surface area contributed by atoms with Gasteiger partial charge in [-0.3, -0.25) is 0 Å². The SMILES string of the molecule is OCCCC(c1ccccc1)c1cccc(OCc2ccc3ccccc3c2)c1. The zero-order chi connectivity index (χ0) is 19.9. The maximum absolute atomic E-state index is 9.32. The number of hydrogen-bond acceptors (Lipinski definition) is 2. The quantitative estimate of drug-likeness (QED) is 0.386. The fourth-order valence-electron chi connectivity index (χ4n) is 3.82. The summed E-state index contributed by atoms with van der Waals surface area (Å²) in [4.78, 5) is 0. The van der Waals surface area contributed by atoms with Crippen molar-refractivity contribution in [2.45, 2.75) is 25.4 Å². The van der Waals surface area contributed by atoms with Gasteiger partial charge in [-0.25, -0.2) is 0 Å². The zero-order valence-electron chi connectivity index (χ0n) is 16.5. The fraction of sp³-hybridized carbons (Fsp3) is 0.185. The van der Waals surface area contributed by atoms with E-state index < -0.39 is 0 Å². The average Bonchev–Trinajstić information content (AvgIpc) is 2.79. The first kappa shape index (κ1) is 19.2. The lowest BCUT2D eigenvalue weighted by atomic mass is 9.87. The maximum Gasteiger partial charge on any atom is 0.120 e. The van der Waals surface area contributed by atoms with E-state index in [4.69, 9.17) is 4.74 Å². The van der Waals surface area contributed by atoms with Crippen molar-refractivity contribution >= 4 is 10.8 Å². The monoisotopic (exact) mass is 382 g/mol. The Kier molecular flexibility index (Phi) is 6.23. The lowest BCUT2D eigenvalue weighted by molar-refractivity contribution is 0.282. The minimum absolute atomic E-state index is 0.210. The first-order valence-corrected chi connectivity index (χ1v) is 10.2. The van der Waals surface area contributed by atoms with Gasteiger partial charge in [-0.15, -0.1) is 0 Å². The Morgan fingerprint density at radius 2 is 1.45 bits per heavy atom. The van der Waals surface area contributed by atoms with Gasteiger partial charge in [0.15, 0.2) is 0 Å². The molecule has 0 aromatic heterocycles. The molecule has 0 saturated heterocycles. The molecule has 0 amide bonds. The van der Waals surface area contributed by atoms with Crippen LogP contribution in [0.2, 0.25) is 0 Å². The van der Waals surface area contributed by atoms with Crippen molar-refractivity contribution in [3.05, 3.63) is 114 Å². The zero-order valence-corrected chi connectivity index (χ0v) is 16.5. The number of hydrogen-bond donors (Lipinski definition) is 1. The summed E-state index contributed by atoms with van der Waals surface area (Å²) in [7, 11) is 0. The van der Waals surface area contributed by atoms with Crippen LogP contribution in [-0.2, 0) is 6.61 Å². The Bertz CT molecular complexity index is 1060. The van der Waals surface area contributed by atoms with Crippen molar-refractivity contribution in [3.8, 4) is 5.75 Å². The van der Waals surface area contributed by atoms with Crippen molar-refractivity contribution in [2.24, 2.45) is 0 Å². The van der Waals surface area contributed by atoms with E-state index in [1.807, 2.05) is 12.1 Å². The van der Waals surface area contributed by atoms with Crippen LogP contribution in [0.4, 0.5) is 0 Å². The van der Waals surface area contributed by atoms with Crippen LogP contribution in [0.15, 0.2) is 97.1 Å². The molecule has 0 aliphatic rings. The van der Waals surface area contributed by atoms with Gasteiger partial charge in [-0.2, -0.15) is 0 Å². The van der Waals surface area contributed by atoms with Crippen LogP contribution in [0.25, 0.3) is 10.8 Å². The first-order valence-electron chi connectivity index (χ1n) is 10.2. The van der Waals surface area contributed by atoms with E-state index in [9.17, 15) is 5.11 Å². The Labute approximate surface area is 172 Å². The van der Waals surface area contributed by atoms with E-state index in [1.54, 1.807) is 0 Å². The van der Waals surface area contributed by atoms with Crippen LogP contribution in [-0.4, -0.2) is 11.7 Å². The average molecular weight is 383 g/mol. The molecule has 0 saturated carbocycles. The molecular weight excluding hydrogens is 356 g/mol. The van der Waals surface area contributed by atoms with Crippen molar-refractivity contribution in [3.63, 3.8) is 0 Å². The third kappa shape index (κ3) is 4.85. The van der Waals surface area contributed by atoms with Crippen LogP contribution in [0.3, 0.4) is 0 Å². The Hall–Kier alpha value is -3.10. The van der Waals surface area contributed by atoms with Gasteiger partial charge < -0.3 is 9.84 Å². The van der Waals surface area contributed by atoms with E-state index in [-0.39, 0.29) is 12.5 Å². The normalized spacial score (nSPS) is 12.0. The van der Waals surface area contributed by atoms with Crippen LogP contribution < -0.4 is 4.74 Å². The summed E-state index contributed by atoms with van der Waals surface area (Å²) in [5, 5.41) is 11.8. The van der Waals surface area contributed by atoms with Crippen molar-refractivity contribution < 1.29 is 9.84 Å². The summed E-state index contributed by atoms with van der Waals surface area (Å²) < 4.78 is 6.12. The second-order valence-electron chi connectivity index (χ2n) is 7.37. The summed E-state index contributed by atoms with van der Waals surface area (Å²) in [5.41, 5.74) is 3.65. The third-order valence-electron chi connectivity index (χ3n) is 5.33. The molecule has 0 heterocycles. The summed E-state index contributed by atoms with van der Waals surface area (Å²) in [6.07, 6.45) is 1.69. The number of aliphatic hydroxyl groups excluding tert-OH is 1. The minimum atomic E-state index is 0.210. The number of benzene rings is 4. The topological polar surface area (TPSA) is 29.5 Å². The first-order chi connectivity index (χ1) is 14.3. The molecule has 1 atom stereocenters. The van der Waals surface area contributed by atoms with Gasteiger partial charge in [-0.05, 0) is 58.5 Å². The van der Waals surface area contributed by atoms with Gasteiger partial charge in [0.05, 0.1) is 0 Å². The molecule has 0 bridgehead atoms. The van der Waals surface area contributed by atoms with E-state index >= 15 is 0 Å². The molecule has 4 aromatic rings. The summed E-state index contributed by atoms with van der Waals surface area (Å²) in [6.45, 7) is 0.752. The van der Waals surface area contributed by atoms with Crippen LogP contribution >= 0.6 is 0 Å². The van der Waals surface area contributed by atoms with Gasteiger partial charge in [0.25, 0.3) is 0 Å². The van der Waals surface area contributed by atoms with Gasteiger partial charge in [0.2, 0.25) is 0 Å². The Morgan fingerprint density at radius 3 is 2.28 bits per heavy atom. The van der Waals surface area contributed by atoms with Crippen LogP contribution in [0.5, 0.6) is 5.75 Å². The summed E-state index contributed by atoms with van der Waals surface area (Å²) in [6, 6.07) is 33.7. The second-order valence-corrected chi connectivity index (χ2v) is 7.37. The highest BCUT2D eigenvalue weighted by Crippen LogP contribution is 2.31. The number of aliphatic hydroxyl groups is 1. The highest BCUT2D eigenvalue weighted by Gasteiger charge is 2.14. The molecule has 146 valence electrons. The van der Waals surface area contributed by atoms with Crippen molar-refractivity contribution in [2.75, 3.05) is 6.61 Å². The summed E-state index contributed by atoms with van der Waals surface area (Å²) >= 11 is 0. The van der Waals surface area contributed by atoms with Gasteiger partial charge in [0, 0.05) is 12.5 Å². The van der Waals surface area contributed by atoms with Crippen LogP contribution in [0, 0.1) is 0 Å². The molecule has 0 aliphatic heterocycles. The number of ether oxygens (including phenoxy) is 1. The highest BCUT2D eigenvalue weighted by molar-refractivity contribution is 5.82. The predicted octanol–water partition coefficient (Wildman–Crippen LogP) is 6.32. The van der Waals surface area contributed by atoms with Gasteiger partial charge in [-0.1, -0.05) is 78.9 Å². The lowest BCUT2D eigenvalue weighted by Gasteiger charge is -2.19. The maximum atomic E-state index is 9.32. The molecule has 4 rings (SSSR count). The number of rotatable bonds is 8.